The average molecular weight is 141 g/mol. The molecule has 1 amide bonds. The van der Waals surface area contributed by atoms with Gasteiger partial charge < -0.3 is 5.32 Å². The highest BCUT2D eigenvalue weighted by Gasteiger charge is 2.38. The lowest BCUT2D eigenvalue weighted by atomic mass is 10.3. The molecule has 1 aliphatic carbocycles. The first-order valence-corrected chi connectivity index (χ1v) is 4.03. The second kappa shape index (κ2) is 3.04. The van der Waals surface area contributed by atoms with Crippen molar-refractivity contribution in [1.82, 2.24) is 5.32 Å². The van der Waals surface area contributed by atoms with E-state index in [0.717, 1.165) is 19.4 Å². The van der Waals surface area contributed by atoms with Crippen molar-refractivity contribution in [2.24, 2.45) is 11.8 Å². The van der Waals surface area contributed by atoms with E-state index in [1.54, 1.807) is 0 Å². The van der Waals surface area contributed by atoms with E-state index in [0.29, 0.717) is 11.8 Å². The molecule has 0 heterocycles. The van der Waals surface area contributed by atoms with Gasteiger partial charge in [0.25, 0.3) is 0 Å². The van der Waals surface area contributed by atoms with Crippen LogP contribution < -0.4 is 5.32 Å². The van der Waals surface area contributed by atoms with Crippen molar-refractivity contribution in [3.05, 3.63) is 0 Å². The average Bonchev–Trinajstić information content (AvgIpc) is 2.62. The SMILES string of the molecule is CCCNC(=O)C1CC1C. The van der Waals surface area contributed by atoms with Crippen molar-refractivity contribution in [3.8, 4) is 0 Å². The second-order valence-corrected chi connectivity index (χ2v) is 3.11. The molecule has 0 aromatic rings. The zero-order valence-corrected chi connectivity index (χ0v) is 6.68. The minimum absolute atomic E-state index is 0.259. The molecule has 0 aromatic heterocycles. The Morgan fingerprint density at radius 1 is 1.70 bits per heavy atom. The number of amides is 1. The smallest absolute Gasteiger partial charge is 0.223 e. The number of hydrogen-bond acceptors (Lipinski definition) is 1. The van der Waals surface area contributed by atoms with Gasteiger partial charge in [0.2, 0.25) is 5.91 Å². The van der Waals surface area contributed by atoms with E-state index in [4.69, 9.17) is 0 Å². The van der Waals surface area contributed by atoms with Crippen LogP contribution in [0.3, 0.4) is 0 Å². The molecular formula is C8H15NO. The predicted octanol–water partition coefficient (Wildman–Crippen LogP) is 1.17. The van der Waals surface area contributed by atoms with Gasteiger partial charge in [-0.25, -0.2) is 0 Å². The van der Waals surface area contributed by atoms with Crippen molar-refractivity contribution >= 4 is 5.91 Å². The van der Waals surface area contributed by atoms with E-state index in [1.165, 1.54) is 0 Å². The lowest BCUT2D eigenvalue weighted by molar-refractivity contribution is -0.122. The van der Waals surface area contributed by atoms with E-state index in [-0.39, 0.29) is 5.91 Å². The molecule has 2 heteroatoms. The van der Waals surface area contributed by atoms with Crippen molar-refractivity contribution < 1.29 is 4.79 Å². The highest BCUT2D eigenvalue weighted by Crippen LogP contribution is 2.37. The standard InChI is InChI=1S/C8H15NO/c1-3-4-9-8(10)7-5-6(7)2/h6-7H,3-5H2,1-2H3,(H,9,10). The van der Waals surface area contributed by atoms with Gasteiger partial charge in [-0.1, -0.05) is 13.8 Å². The minimum Gasteiger partial charge on any atom is -0.356 e. The van der Waals surface area contributed by atoms with Crippen LogP contribution in [0.2, 0.25) is 0 Å². The van der Waals surface area contributed by atoms with E-state index in [2.05, 4.69) is 19.2 Å². The maximum atomic E-state index is 11.1. The van der Waals surface area contributed by atoms with Gasteiger partial charge in [0, 0.05) is 12.5 Å². The van der Waals surface area contributed by atoms with Crippen LogP contribution in [0.4, 0.5) is 0 Å². The van der Waals surface area contributed by atoms with Gasteiger partial charge in [-0.2, -0.15) is 0 Å². The first-order chi connectivity index (χ1) is 4.75. The summed E-state index contributed by atoms with van der Waals surface area (Å²) in [5.41, 5.74) is 0. The Hall–Kier alpha value is -0.530. The molecule has 10 heavy (non-hydrogen) atoms. The first kappa shape index (κ1) is 7.58. The van der Waals surface area contributed by atoms with Gasteiger partial charge >= 0.3 is 0 Å². The molecule has 1 aliphatic rings. The largest absolute Gasteiger partial charge is 0.356 e. The molecule has 2 atom stereocenters. The number of nitrogens with one attached hydrogen (secondary N) is 1. The Kier molecular flexibility index (Phi) is 2.30. The molecule has 0 spiro atoms. The molecule has 1 fully saturated rings. The third-order valence-electron chi connectivity index (χ3n) is 2.00. The monoisotopic (exact) mass is 141 g/mol. The normalized spacial score (nSPS) is 29.8. The van der Waals surface area contributed by atoms with Gasteiger partial charge in [0.05, 0.1) is 0 Å². The Balaban J connectivity index is 2.11. The lowest BCUT2D eigenvalue weighted by Crippen LogP contribution is -2.25. The van der Waals surface area contributed by atoms with Crippen LogP contribution in [0.1, 0.15) is 26.7 Å². The van der Waals surface area contributed by atoms with Crippen LogP contribution in [0, 0.1) is 11.8 Å². The Morgan fingerprint density at radius 2 is 2.30 bits per heavy atom. The van der Waals surface area contributed by atoms with Gasteiger partial charge in [0.1, 0.15) is 0 Å². The quantitative estimate of drug-likeness (QED) is 0.628. The summed E-state index contributed by atoms with van der Waals surface area (Å²) in [7, 11) is 0. The molecular weight excluding hydrogens is 126 g/mol. The highest BCUT2D eigenvalue weighted by atomic mass is 16.2. The van der Waals surface area contributed by atoms with Crippen LogP contribution in [0.25, 0.3) is 0 Å². The Morgan fingerprint density at radius 3 is 2.70 bits per heavy atom. The lowest BCUT2D eigenvalue weighted by Gasteiger charge is -1.99. The maximum absolute atomic E-state index is 11.1. The van der Waals surface area contributed by atoms with E-state index < -0.39 is 0 Å². The van der Waals surface area contributed by atoms with E-state index in [1.807, 2.05) is 0 Å². The summed E-state index contributed by atoms with van der Waals surface area (Å²) in [5.74, 6) is 1.23. The summed E-state index contributed by atoms with van der Waals surface area (Å²) >= 11 is 0. The van der Waals surface area contributed by atoms with Gasteiger partial charge in [-0.15, -0.1) is 0 Å². The molecule has 2 unspecified atom stereocenters. The summed E-state index contributed by atoms with van der Waals surface area (Å²) in [6, 6.07) is 0. The summed E-state index contributed by atoms with van der Waals surface area (Å²) in [4.78, 5) is 11.1. The molecule has 1 N–H and O–H groups in total. The fourth-order valence-corrected chi connectivity index (χ4v) is 1.07. The summed E-state index contributed by atoms with van der Waals surface area (Å²) in [6.45, 7) is 5.02. The highest BCUT2D eigenvalue weighted by molar-refractivity contribution is 5.81. The second-order valence-electron chi connectivity index (χ2n) is 3.11. The molecule has 2 nitrogen and oxygen atoms in total. The third-order valence-corrected chi connectivity index (χ3v) is 2.00. The number of rotatable bonds is 3. The van der Waals surface area contributed by atoms with Gasteiger partial charge in [0.15, 0.2) is 0 Å². The third kappa shape index (κ3) is 1.72. The molecule has 1 saturated carbocycles. The summed E-state index contributed by atoms with van der Waals surface area (Å²) in [6.07, 6.45) is 2.13. The van der Waals surface area contributed by atoms with Crippen LogP contribution in [0.5, 0.6) is 0 Å². The van der Waals surface area contributed by atoms with Crippen LogP contribution in [0.15, 0.2) is 0 Å². The predicted molar refractivity (Wildman–Crippen MR) is 40.6 cm³/mol. The van der Waals surface area contributed by atoms with Crippen molar-refractivity contribution in [1.29, 1.82) is 0 Å². The van der Waals surface area contributed by atoms with Gasteiger partial charge in [-0.3, -0.25) is 4.79 Å². The molecule has 0 bridgehead atoms. The van der Waals surface area contributed by atoms with Crippen LogP contribution >= 0.6 is 0 Å². The fraction of sp³-hybridized carbons (Fsp3) is 0.875. The van der Waals surface area contributed by atoms with Crippen molar-refractivity contribution in [2.75, 3.05) is 6.54 Å². The maximum Gasteiger partial charge on any atom is 0.223 e. The van der Waals surface area contributed by atoms with Crippen molar-refractivity contribution in [2.45, 2.75) is 26.7 Å². The number of carbonyl (C=O) groups is 1. The molecule has 1 rings (SSSR count). The molecule has 0 aromatic carbocycles. The van der Waals surface area contributed by atoms with Crippen LogP contribution in [-0.4, -0.2) is 12.5 Å². The number of carbonyl (C=O) groups excluding carboxylic acids is 1. The molecule has 0 radical (unpaired) electrons. The van der Waals surface area contributed by atoms with E-state index >= 15 is 0 Å². The fourth-order valence-electron chi connectivity index (χ4n) is 1.07. The molecule has 0 aliphatic heterocycles. The first-order valence-electron chi connectivity index (χ1n) is 4.03. The summed E-state index contributed by atoms with van der Waals surface area (Å²) in [5, 5.41) is 2.89. The Bertz CT molecular complexity index is 133. The van der Waals surface area contributed by atoms with Crippen molar-refractivity contribution in [3.63, 3.8) is 0 Å². The van der Waals surface area contributed by atoms with Crippen LogP contribution in [-0.2, 0) is 4.79 Å². The molecule has 58 valence electrons. The zero-order valence-electron chi connectivity index (χ0n) is 6.68. The van der Waals surface area contributed by atoms with E-state index in [9.17, 15) is 4.79 Å². The topological polar surface area (TPSA) is 29.1 Å². The molecule has 0 saturated heterocycles. The minimum atomic E-state index is 0.259. The van der Waals surface area contributed by atoms with Gasteiger partial charge in [-0.05, 0) is 18.8 Å². The zero-order chi connectivity index (χ0) is 7.56. The Labute approximate surface area is 62.0 Å². The number of hydrogen-bond donors (Lipinski definition) is 1. The summed E-state index contributed by atoms with van der Waals surface area (Å²) < 4.78 is 0.